The highest BCUT2D eigenvalue weighted by atomic mass is 32.1. The lowest BCUT2D eigenvalue weighted by Crippen LogP contribution is -2.52. The smallest absolute Gasteiger partial charge is 0.213 e. The van der Waals surface area contributed by atoms with E-state index in [1.165, 1.54) is 11.3 Å². The van der Waals surface area contributed by atoms with Gasteiger partial charge in [0, 0.05) is 19.1 Å². The summed E-state index contributed by atoms with van der Waals surface area (Å²) in [6.07, 6.45) is 1.02. The summed E-state index contributed by atoms with van der Waals surface area (Å²) < 4.78 is 2.79. The normalized spacial score (nSPS) is 20.3. The number of thiazole rings is 1. The minimum atomic E-state index is -0.429. The lowest BCUT2D eigenvalue weighted by Gasteiger charge is -2.29. The van der Waals surface area contributed by atoms with Gasteiger partial charge < -0.3 is 15.7 Å². The largest absolute Gasteiger partial charge is 0.392 e. The fourth-order valence-electron chi connectivity index (χ4n) is 3.70. The van der Waals surface area contributed by atoms with Gasteiger partial charge in [0.05, 0.1) is 28.1 Å². The maximum Gasteiger partial charge on any atom is 0.213 e. The van der Waals surface area contributed by atoms with E-state index in [0.29, 0.717) is 29.5 Å². The molecule has 1 fully saturated rings. The number of piperidine rings is 1. The van der Waals surface area contributed by atoms with Gasteiger partial charge in [-0.25, -0.2) is 9.67 Å². The second kappa shape index (κ2) is 9.62. The quantitative estimate of drug-likeness (QED) is 0.487. The summed E-state index contributed by atoms with van der Waals surface area (Å²) in [6.45, 7) is 5.84. The highest BCUT2D eigenvalue weighted by Crippen LogP contribution is 2.30. The average molecular weight is 439 g/mol. The molecule has 4 rings (SSSR count). The Balaban J connectivity index is 1.64. The number of benzene rings is 1. The molecule has 9 nitrogen and oxygen atoms in total. The number of rotatable bonds is 7. The Bertz CT molecular complexity index is 1080. The summed E-state index contributed by atoms with van der Waals surface area (Å²) in [5, 5.41) is 40.3. The molecule has 0 amide bonds. The molecule has 3 unspecified atom stereocenters. The van der Waals surface area contributed by atoms with Gasteiger partial charge in [0.25, 0.3) is 0 Å². The molecular formula is C21H26N8OS. The molecule has 1 saturated heterocycles. The molecule has 162 valence electrons. The highest BCUT2D eigenvalue weighted by molar-refractivity contribution is 7.20. The zero-order valence-electron chi connectivity index (χ0n) is 17.6. The molecule has 1 aromatic carbocycles. The van der Waals surface area contributed by atoms with Crippen LogP contribution in [0.4, 0.5) is 5.82 Å². The summed E-state index contributed by atoms with van der Waals surface area (Å²) in [5.74, 6) is 0.325. The molecule has 3 atom stereocenters. The third-order valence-corrected chi connectivity index (χ3v) is 6.31. The number of nitriles is 1. The molecule has 2 aromatic heterocycles. The number of para-hydroxylation sites is 1. The van der Waals surface area contributed by atoms with Crippen LogP contribution in [0, 0.1) is 11.3 Å². The van der Waals surface area contributed by atoms with Crippen LogP contribution in [0.1, 0.15) is 31.5 Å². The monoisotopic (exact) mass is 438 g/mol. The second-order valence-electron chi connectivity index (χ2n) is 7.63. The number of nitrogens with one attached hydrogen (secondary N) is 2. The van der Waals surface area contributed by atoms with E-state index in [0.717, 1.165) is 35.4 Å². The topological polar surface area (TPSA) is 124 Å². The first-order valence-electron chi connectivity index (χ1n) is 10.5. The van der Waals surface area contributed by atoms with Gasteiger partial charge in [0.2, 0.25) is 10.9 Å². The molecule has 1 aliphatic heterocycles. The number of aliphatic hydroxyl groups is 1. The maximum absolute atomic E-state index is 9.79. The van der Waals surface area contributed by atoms with Gasteiger partial charge in [-0.05, 0) is 38.4 Å². The van der Waals surface area contributed by atoms with Gasteiger partial charge in [-0.15, -0.1) is 10.2 Å². The molecule has 10 heteroatoms. The predicted octanol–water partition coefficient (Wildman–Crippen LogP) is 2.70. The number of nitrogens with zero attached hydrogens (tertiary/aromatic N) is 6. The molecular weight excluding hydrogens is 412 g/mol. The number of aromatic nitrogens is 3. The first-order chi connectivity index (χ1) is 15.1. The minimum Gasteiger partial charge on any atom is -0.392 e. The average Bonchev–Trinajstić information content (AvgIpc) is 3.37. The molecule has 3 heterocycles. The van der Waals surface area contributed by atoms with Crippen LogP contribution in [0.25, 0.3) is 15.3 Å². The minimum absolute atomic E-state index is 0.0516. The molecule has 0 spiro atoms. The van der Waals surface area contributed by atoms with Crippen LogP contribution < -0.4 is 10.6 Å². The van der Waals surface area contributed by atoms with Crippen LogP contribution in [0.2, 0.25) is 0 Å². The third-order valence-electron chi connectivity index (χ3n) is 5.29. The van der Waals surface area contributed by atoms with E-state index >= 15 is 0 Å². The Kier molecular flexibility index (Phi) is 6.67. The van der Waals surface area contributed by atoms with Gasteiger partial charge in [0.15, 0.2) is 0 Å². The number of hydrogen-bond acceptors (Lipinski definition) is 9. The molecule has 0 bridgehead atoms. The zero-order valence-corrected chi connectivity index (χ0v) is 18.4. The molecule has 3 aromatic rings. The summed E-state index contributed by atoms with van der Waals surface area (Å²) >= 11 is 1.53. The molecule has 0 radical (unpaired) electrons. The summed E-state index contributed by atoms with van der Waals surface area (Å²) in [6, 6.07) is 10.2. The second-order valence-corrected chi connectivity index (χ2v) is 8.64. The zero-order chi connectivity index (χ0) is 21.8. The molecule has 0 aliphatic carbocycles. The third kappa shape index (κ3) is 4.65. The molecule has 0 saturated carbocycles. The molecule has 3 N–H and O–H groups in total. The first-order valence-corrected chi connectivity index (χ1v) is 11.3. The summed E-state index contributed by atoms with van der Waals surface area (Å²) in [7, 11) is 0. The van der Waals surface area contributed by atoms with Crippen molar-refractivity contribution in [2.75, 3.05) is 19.6 Å². The van der Waals surface area contributed by atoms with E-state index in [2.05, 4.69) is 37.0 Å². The summed E-state index contributed by atoms with van der Waals surface area (Å²) in [4.78, 5) is 4.68. The fraction of sp³-hybridized carbons (Fsp3) is 0.476. The van der Waals surface area contributed by atoms with Crippen LogP contribution >= 0.6 is 11.3 Å². The van der Waals surface area contributed by atoms with Crippen LogP contribution in [0.3, 0.4) is 0 Å². The maximum atomic E-state index is 9.79. The van der Waals surface area contributed by atoms with Gasteiger partial charge in [0.1, 0.15) is 11.6 Å². The van der Waals surface area contributed by atoms with E-state index in [-0.39, 0.29) is 12.1 Å². The SMILES string of the molecule is CCc1c(C#N)c(N=NC2CCNCC2NCC(C)O)nn1-c1nc2ccccc2s1. The van der Waals surface area contributed by atoms with Gasteiger partial charge in [-0.3, -0.25) is 0 Å². The van der Waals surface area contributed by atoms with Gasteiger partial charge in [-0.2, -0.15) is 10.4 Å². The van der Waals surface area contributed by atoms with Crippen molar-refractivity contribution in [3.63, 3.8) is 0 Å². The Labute approximate surface area is 184 Å². The van der Waals surface area contributed by atoms with Crippen LogP contribution in [0.5, 0.6) is 0 Å². The number of aliphatic hydroxyl groups excluding tert-OH is 1. The van der Waals surface area contributed by atoms with Crippen molar-refractivity contribution in [1.29, 1.82) is 5.26 Å². The van der Waals surface area contributed by atoms with E-state index in [1.54, 1.807) is 11.6 Å². The number of fused-ring (bicyclic) bond motifs is 1. The van der Waals surface area contributed by atoms with E-state index in [4.69, 9.17) is 0 Å². The Morgan fingerprint density at radius 2 is 2.29 bits per heavy atom. The number of azo groups is 1. The number of hydrogen-bond donors (Lipinski definition) is 3. The van der Waals surface area contributed by atoms with Crippen molar-refractivity contribution in [3.05, 3.63) is 35.5 Å². The summed E-state index contributed by atoms with van der Waals surface area (Å²) in [5.41, 5.74) is 2.13. The standard InChI is InChI=1S/C21H26N8OS/c1-3-18-14(10-22)20(27-26-15-8-9-23-12-17(15)24-11-13(2)30)28-29(18)21-25-16-6-4-5-7-19(16)31-21/h4-7,13,15,17,23-24,30H,3,8-9,11-12H2,1-2H3. The predicted molar refractivity (Wildman–Crippen MR) is 120 cm³/mol. The first kappa shape index (κ1) is 21.5. The highest BCUT2D eigenvalue weighted by Gasteiger charge is 2.26. The van der Waals surface area contributed by atoms with E-state index in [9.17, 15) is 10.4 Å². The van der Waals surface area contributed by atoms with Crippen molar-refractivity contribution < 1.29 is 5.11 Å². The van der Waals surface area contributed by atoms with Gasteiger partial charge >= 0.3 is 0 Å². The van der Waals surface area contributed by atoms with Crippen molar-refractivity contribution >= 4 is 27.4 Å². The molecule has 1 aliphatic rings. The van der Waals surface area contributed by atoms with Crippen LogP contribution in [0.15, 0.2) is 34.5 Å². The van der Waals surface area contributed by atoms with Crippen molar-refractivity contribution in [3.8, 4) is 11.2 Å². The Hall–Kier alpha value is -2.71. The Morgan fingerprint density at radius 1 is 1.45 bits per heavy atom. The van der Waals surface area contributed by atoms with Crippen molar-refractivity contribution in [1.82, 2.24) is 25.4 Å². The van der Waals surface area contributed by atoms with Crippen LogP contribution in [-0.2, 0) is 6.42 Å². The lowest BCUT2D eigenvalue weighted by molar-refractivity contribution is 0.179. The van der Waals surface area contributed by atoms with Crippen LogP contribution in [-0.4, -0.2) is 57.7 Å². The van der Waals surface area contributed by atoms with Gasteiger partial charge in [-0.1, -0.05) is 30.4 Å². The fourth-order valence-corrected chi connectivity index (χ4v) is 4.64. The Morgan fingerprint density at radius 3 is 3.03 bits per heavy atom. The molecule has 31 heavy (non-hydrogen) atoms. The van der Waals surface area contributed by atoms with E-state index in [1.807, 2.05) is 31.2 Å². The van der Waals surface area contributed by atoms with E-state index < -0.39 is 6.10 Å². The van der Waals surface area contributed by atoms with Crippen molar-refractivity contribution in [2.45, 2.75) is 44.9 Å². The lowest BCUT2D eigenvalue weighted by atomic mass is 10.0. The van der Waals surface area contributed by atoms with Crippen molar-refractivity contribution in [2.24, 2.45) is 10.2 Å².